The van der Waals surface area contributed by atoms with Crippen molar-refractivity contribution in [3.05, 3.63) is 58.9 Å². The number of alkyl halides is 3. The van der Waals surface area contributed by atoms with Crippen LogP contribution in [0.3, 0.4) is 0 Å². The van der Waals surface area contributed by atoms with Crippen LogP contribution in [0.4, 0.5) is 13.2 Å². The molecule has 0 radical (unpaired) electrons. The Kier molecular flexibility index (Phi) is 14.3. The van der Waals surface area contributed by atoms with Gasteiger partial charge in [0.15, 0.2) is 0 Å². The standard InChI is InChI=1S/C25H37F3N2O/c1-8-14-20(15-9-2)23(29-17-11-4)22(16-10-3)31-21(13-6)18-30-24(19(7)12-5)25(26,27)28/h11,13-14,16-18H,8-10,12,15H2,1-7H3/b17-11-,20-14+,21-13+,22-16-,24-19-,29-23-,30-18-. The fourth-order valence-corrected chi connectivity index (χ4v) is 2.67. The van der Waals surface area contributed by atoms with Crippen LogP contribution in [0, 0.1) is 0 Å². The molecule has 0 heterocycles. The summed E-state index contributed by atoms with van der Waals surface area (Å²) >= 11 is 0. The van der Waals surface area contributed by atoms with E-state index in [1.165, 1.54) is 6.92 Å². The minimum absolute atomic E-state index is 0.176. The Morgan fingerprint density at radius 3 is 2.10 bits per heavy atom. The Bertz CT molecular complexity index is 764. The number of halogens is 3. The van der Waals surface area contributed by atoms with Crippen LogP contribution in [0.1, 0.15) is 80.6 Å². The third-order valence-corrected chi connectivity index (χ3v) is 4.29. The number of rotatable bonds is 12. The van der Waals surface area contributed by atoms with Crippen LogP contribution in [0.2, 0.25) is 0 Å². The van der Waals surface area contributed by atoms with Crippen molar-refractivity contribution in [1.29, 1.82) is 0 Å². The summed E-state index contributed by atoms with van der Waals surface area (Å²) < 4.78 is 46.1. The Morgan fingerprint density at radius 1 is 1.00 bits per heavy atom. The highest BCUT2D eigenvalue weighted by Crippen LogP contribution is 2.30. The van der Waals surface area contributed by atoms with Crippen LogP contribution >= 0.6 is 0 Å². The lowest BCUT2D eigenvalue weighted by Gasteiger charge is -2.16. The fourth-order valence-electron chi connectivity index (χ4n) is 2.67. The lowest BCUT2D eigenvalue weighted by atomic mass is 10.0. The second-order valence-corrected chi connectivity index (χ2v) is 6.86. The highest BCUT2D eigenvalue weighted by atomic mass is 19.4. The van der Waals surface area contributed by atoms with Crippen LogP contribution in [0.25, 0.3) is 0 Å². The van der Waals surface area contributed by atoms with Gasteiger partial charge in [-0.25, -0.2) is 4.99 Å². The van der Waals surface area contributed by atoms with E-state index < -0.39 is 11.9 Å². The molecule has 0 saturated carbocycles. The first-order chi connectivity index (χ1) is 14.7. The van der Waals surface area contributed by atoms with Gasteiger partial charge < -0.3 is 4.74 Å². The maximum Gasteiger partial charge on any atom is 0.433 e. The predicted octanol–water partition coefficient (Wildman–Crippen LogP) is 8.63. The molecule has 0 rings (SSSR count). The number of ether oxygens (including phenoxy) is 1. The van der Waals surface area contributed by atoms with Crippen LogP contribution < -0.4 is 0 Å². The van der Waals surface area contributed by atoms with E-state index >= 15 is 0 Å². The van der Waals surface area contributed by atoms with Gasteiger partial charge in [0.25, 0.3) is 0 Å². The molecule has 0 aliphatic heterocycles. The van der Waals surface area contributed by atoms with E-state index in [1.807, 2.05) is 26.0 Å². The normalized spacial score (nSPS) is 15.8. The molecular weight excluding hydrogens is 401 g/mol. The molecule has 0 saturated heterocycles. The van der Waals surface area contributed by atoms with Gasteiger partial charge in [0, 0.05) is 6.20 Å². The zero-order valence-corrected chi connectivity index (χ0v) is 19.9. The Morgan fingerprint density at radius 2 is 1.65 bits per heavy atom. The number of allylic oxidation sites excluding steroid dienone is 8. The van der Waals surface area contributed by atoms with Gasteiger partial charge in [0.2, 0.25) is 0 Å². The molecule has 0 aromatic heterocycles. The molecule has 174 valence electrons. The molecule has 0 aliphatic carbocycles. The van der Waals surface area contributed by atoms with Crippen molar-refractivity contribution in [3.63, 3.8) is 0 Å². The quantitative estimate of drug-likeness (QED) is 0.222. The molecule has 0 aromatic rings. The van der Waals surface area contributed by atoms with Gasteiger partial charge in [0.05, 0.1) is 6.21 Å². The molecule has 31 heavy (non-hydrogen) atoms. The molecule has 0 amide bonds. The summed E-state index contributed by atoms with van der Waals surface area (Å²) in [6, 6.07) is 0. The first kappa shape index (κ1) is 28.6. The van der Waals surface area contributed by atoms with E-state index in [4.69, 9.17) is 4.74 Å². The molecule has 0 aromatic carbocycles. The number of nitrogens with zero attached hydrogens (tertiary/aromatic N) is 2. The Hall–Kier alpha value is -2.37. The summed E-state index contributed by atoms with van der Waals surface area (Å²) in [7, 11) is 0. The van der Waals surface area contributed by atoms with E-state index in [0.29, 0.717) is 17.9 Å². The highest BCUT2D eigenvalue weighted by Gasteiger charge is 2.35. The first-order valence-corrected chi connectivity index (χ1v) is 10.9. The Labute approximate surface area is 185 Å². The van der Waals surface area contributed by atoms with Gasteiger partial charge >= 0.3 is 6.18 Å². The lowest BCUT2D eigenvalue weighted by molar-refractivity contribution is -0.0932. The molecule has 0 bridgehead atoms. The van der Waals surface area contributed by atoms with Gasteiger partial charge in [0.1, 0.15) is 22.9 Å². The first-order valence-electron chi connectivity index (χ1n) is 10.9. The van der Waals surface area contributed by atoms with Crippen molar-refractivity contribution >= 4 is 11.9 Å². The maximum atomic E-state index is 13.4. The second kappa shape index (κ2) is 15.4. The third-order valence-electron chi connectivity index (χ3n) is 4.29. The van der Waals surface area contributed by atoms with Crippen molar-refractivity contribution in [1.82, 2.24) is 0 Å². The smallest absolute Gasteiger partial charge is 0.433 e. The van der Waals surface area contributed by atoms with Gasteiger partial charge in [-0.3, -0.25) is 4.99 Å². The molecular formula is C25H37F3N2O. The van der Waals surface area contributed by atoms with Crippen LogP contribution in [-0.2, 0) is 4.74 Å². The summed E-state index contributed by atoms with van der Waals surface area (Å²) in [4.78, 5) is 8.31. The predicted molar refractivity (Wildman–Crippen MR) is 126 cm³/mol. The summed E-state index contributed by atoms with van der Waals surface area (Å²) in [5.74, 6) is 0.740. The molecule has 0 aliphatic rings. The van der Waals surface area contributed by atoms with Crippen molar-refractivity contribution in [2.75, 3.05) is 0 Å². The highest BCUT2D eigenvalue weighted by molar-refractivity contribution is 6.11. The van der Waals surface area contributed by atoms with Gasteiger partial charge in [-0.2, -0.15) is 13.2 Å². The molecule has 0 unspecified atom stereocenters. The summed E-state index contributed by atoms with van der Waals surface area (Å²) in [5.41, 5.74) is 1.02. The summed E-state index contributed by atoms with van der Waals surface area (Å²) in [6.07, 6.45) is 9.28. The maximum absolute atomic E-state index is 13.4. The van der Waals surface area contributed by atoms with Crippen molar-refractivity contribution in [2.45, 2.75) is 86.7 Å². The summed E-state index contributed by atoms with van der Waals surface area (Å²) in [5, 5.41) is 0. The minimum atomic E-state index is -4.52. The Balaban J connectivity index is 6.21. The molecule has 3 nitrogen and oxygen atoms in total. The van der Waals surface area contributed by atoms with Crippen LogP contribution in [-0.4, -0.2) is 18.1 Å². The number of hydrogen-bond acceptors (Lipinski definition) is 3. The number of aliphatic imine (C=N–C) groups is 2. The zero-order chi connectivity index (χ0) is 23.9. The monoisotopic (exact) mass is 438 g/mol. The summed E-state index contributed by atoms with van der Waals surface area (Å²) in [6.45, 7) is 12.8. The lowest BCUT2D eigenvalue weighted by Crippen LogP contribution is -2.14. The number of hydrogen-bond donors (Lipinski definition) is 0. The van der Waals surface area contributed by atoms with Crippen molar-refractivity contribution < 1.29 is 17.9 Å². The zero-order valence-electron chi connectivity index (χ0n) is 19.9. The van der Waals surface area contributed by atoms with E-state index in [2.05, 4.69) is 29.9 Å². The van der Waals surface area contributed by atoms with Crippen LogP contribution in [0.5, 0.6) is 0 Å². The molecule has 0 fully saturated rings. The van der Waals surface area contributed by atoms with Crippen LogP contribution in [0.15, 0.2) is 68.9 Å². The van der Waals surface area contributed by atoms with E-state index in [0.717, 1.165) is 31.1 Å². The van der Waals surface area contributed by atoms with Crippen molar-refractivity contribution in [2.24, 2.45) is 9.98 Å². The van der Waals surface area contributed by atoms with Gasteiger partial charge in [-0.1, -0.05) is 46.3 Å². The van der Waals surface area contributed by atoms with Gasteiger partial charge in [-0.15, -0.1) is 0 Å². The van der Waals surface area contributed by atoms with E-state index in [9.17, 15) is 13.2 Å². The largest absolute Gasteiger partial charge is 0.454 e. The molecule has 0 spiro atoms. The molecule has 6 heteroatoms. The average Bonchev–Trinajstić information content (AvgIpc) is 2.72. The van der Waals surface area contributed by atoms with Gasteiger partial charge in [-0.05, 0) is 69.8 Å². The topological polar surface area (TPSA) is 34.0 Å². The molecule has 0 N–H and O–H groups in total. The SMILES string of the molecule is C\C=C/N=C(C(=C\CC)\OC(/C=N\C(=C(\C)CC)C(F)(F)F)=C/C)/C(=C/CC)CCC. The molecule has 0 atom stereocenters. The van der Waals surface area contributed by atoms with E-state index in [1.54, 1.807) is 26.1 Å². The van der Waals surface area contributed by atoms with Crippen molar-refractivity contribution in [3.8, 4) is 0 Å². The third kappa shape index (κ3) is 10.5. The van der Waals surface area contributed by atoms with E-state index in [-0.39, 0.29) is 17.8 Å². The minimum Gasteiger partial charge on any atom is -0.454 e. The fraction of sp³-hybridized carbons (Fsp3) is 0.520. The second-order valence-electron chi connectivity index (χ2n) is 6.86. The average molecular weight is 439 g/mol.